The van der Waals surface area contributed by atoms with Crippen molar-refractivity contribution in [1.29, 1.82) is 0 Å². The summed E-state index contributed by atoms with van der Waals surface area (Å²) >= 11 is 0. The van der Waals surface area contributed by atoms with Crippen LogP contribution in [0.2, 0.25) is 0 Å². The van der Waals surface area contributed by atoms with Crippen molar-refractivity contribution in [2.75, 3.05) is 0 Å². The molecule has 1 saturated carbocycles. The topological polar surface area (TPSA) is 73.1 Å². The second-order valence-corrected chi connectivity index (χ2v) is 10.5. The van der Waals surface area contributed by atoms with Gasteiger partial charge in [0.05, 0.1) is 29.9 Å². The fraction of sp³-hybridized carbons (Fsp3) is 0.538. The van der Waals surface area contributed by atoms with E-state index in [4.69, 9.17) is 4.74 Å². The van der Waals surface area contributed by atoms with Crippen LogP contribution >= 0.6 is 0 Å². The van der Waals surface area contributed by atoms with Gasteiger partial charge in [0, 0.05) is 18.3 Å². The summed E-state index contributed by atoms with van der Waals surface area (Å²) in [5.41, 5.74) is -1.58. The molecule has 36 heavy (non-hydrogen) atoms. The van der Waals surface area contributed by atoms with Crippen LogP contribution in [0.1, 0.15) is 45.6 Å². The van der Waals surface area contributed by atoms with Crippen molar-refractivity contribution in [2.45, 2.75) is 69.9 Å². The minimum absolute atomic E-state index is 0.0118. The van der Waals surface area contributed by atoms with Gasteiger partial charge in [-0.1, -0.05) is 38.2 Å². The second kappa shape index (κ2) is 9.05. The molecule has 6 unspecified atom stereocenters. The van der Waals surface area contributed by atoms with Crippen LogP contribution in [0, 0.1) is 17.8 Å². The predicted molar refractivity (Wildman–Crippen MR) is 126 cm³/mol. The summed E-state index contributed by atoms with van der Waals surface area (Å²) in [6.07, 6.45) is 9.24. The Hall–Kier alpha value is -3.17. The summed E-state index contributed by atoms with van der Waals surface area (Å²) in [6.45, 7) is 6.24. The van der Waals surface area contributed by atoms with E-state index in [1.165, 1.54) is 6.07 Å². The lowest BCUT2D eigenvalue weighted by molar-refractivity contribution is -0.144. The van der Waals surface area contributed by atoms with Gasteiger partial charge in [0.25, 0.3) is 0 Å². The fourth-order valence-corrected chi connectivity index (χ4v) is 5.98. The Bertz CT molecular complexity index is 1150. The fourth-order valence-electron chi connectivity index (χ4n) is 5.98. The van der Waals surface area contributed by atoms with Crippen molar-refractivity contribution >= 4 is 5.91 Å². The molecule has 2 aliphatic carbocycles. The number of likely N-dealkylation sites (tertiary alicyclic amines) is 1. The molecule has 0 radical (unpaired) electrons. The molecule has 3 aliphatic rings. The number of pyridine rings is 1. The van der Waals surface area contributed by atoms with Gasteiger partial charge in [0.2, 0.25) is 11.8 Å². The average Bonchev–Trinajstić information content (AvgIpc) is 3.56. The van der Waals surface area contributed by atoms with Crippen molar-refractivity contribution in [2.24, 2.45) is 17.8 Å². The van der Waals surface area contributed by atoms with E-state index in [0.29, 0.717) is 5.92 Å². The van der Waals surface area contributed by atoms with Gasteiger partial charge in [-0.25, -0.2) is 4.98 Å². The summed E-state index contributed by atoms with van der Waals surface area (Å²) in [6, 6.07) is 2.13. The third kappa shape index (κ3) is 4.30. The second-order valence-electron chi connectivity index (χ2n) is 10.5. The number of nitrogens with zero attached hydrogens (tertiary/aromatic N) is 5. The normalized spacial score (nSPS) is 31.4. The highest BCUT2D eigenvalue weighted by Gasteiger charge is 2.56. The zero-order valence-electron chi connectivity index (χ0n) is 20.5. The highest BCUT2D eigenvalue weighted by Crippen LogP contribution is 2.48. The number of piperidine rings is 1. The Kier molecular flexibility index (Phi) is 6.16. The van der Waals surface area contributed by atoms with Crippen molar-refractivity contribution < 1.29 is 22.7 Å². The molecule has 5 rings (SSSR count). The maximum Gasteiger partial charge on any atom is 0.417 e. The smallest absolute Gasteiger partial charge is 0.417 e. The zero-order valence-corrected chi connectivity index (χ0v) is 20.5. The lowest BCUT2D eigenvalue weighted by Crippen LogP contribution is -2.57. The van der Waals surface area contributed by atoms with Crippen LogP contribution in [0.25, 0.3) is 0 Å². The lowest BCUT2D eigenvalue weighted by Gasteiger charge is -2.44. The maximum atomic E-state index is 14.2. The summed E-state index contributed by atoms with van der Waals surface area (Å²) in [5.74, 6) is 0.287. The van der Waals surface area contributed by atoms with Gasteiger partial charge in [0.15, 0.2) is 0 Å². The van der Waals surface area contributed by atoms with E-state index >= 15 is 0 Å². The summed E-state index contributed by atoms with van der Waals surface area (Å²) < 4.78 is 44.9. The number of aromatic nitrogens is 4. The Balaban J connectivity index is 1.41. The van der Waals surface area contributed by atoms with Gasteiger partial charge in [-0.3, -0.25) is 4.79 Å². The van der Waals surface area contributed by atoms with Crippen molar-refractivity contribution in [3.05, 3.63) is 60.6 Å². The van der Waals surface area contributed by atoms with Gasteiger partial charge in [-0.05, 0) is 44.1 Å². The number of carbonyl (C=O) groups is 1. The molecule has 3 heterocycles. The van der Waals surface area contributed by atoms with E-state index in [0.717, 1.165) is 31.5 Å². The summed E-state index contributed by atoms with van der Waals surface area (Å²) in [4.78, 5) is 21.7. The van der Waals surface area contributed by atoms with Crippen LogP contribution in [-0.4, -0.2) is 49.0 Å². The number of fused-ring (bicyclic) bond motifs is 2. The van der Waals surface area contributed by atoms with E-state index in [2.05, 4.69) is 29.0 Å². The van der Waals surface area contributed by atoms with Gasteiger partial charge < -0.3 is 9.64 Å². The Morgan fingerprint density at radius 3 is 2.58 bits per heavy atom. The van der Waals surface area contributed by atoms with Crippen LogP contribution < -0.4 is 4.74 Å². The first kappa shape index (κ1) is 24.5. The number of ether oxygens (including phenoxy) is 1. The first-order valence-corrected chi connectivity index (χ1v) is 12.3. The van der Waals surface area contributed by atoms with Crippen LogP contribution in [0.5, 0.6) is 5.88 Å². The molecule has 0 spiro atoms. The molecule has 1 aliphatic heterocycles. The number of alkyl halides is 3. The molecule has 2 bridgehead atoms. The summed E-state index contributed by atoms with van der Waals surface area (Å²) in [7, 11) is 0. The number of carbonyl (C=O) groups excluding carboxylic acids is 1. The van der Waals surface area contributed by atoms with Gasteiger partial charge in [0.1, 0.15) is 11.6 Å². The molecule has 1 amide bonds. The minimum Gasteiger partial charge on any atom is -0.472 e. The SMILES string of the molecule is CC(C)CC1C2CC(Oc3ccc(C(F)(F)F)cn3)C(C2)N1C(=O)C1C=CC=CC1(C)n1nccn1. The number of halogens is 3. The minimum atomic E-state index is -4.46. The Morgan fingerprint density at radius 1 is 1.19 bits per heavy atom. The lowest BCUT2D eigenvalue weighted by atomic mass is 9.80. The maximum absolute atomic E-state index is 14.2. The van der Waals surface area contributed by atoms with E-state index in [1.54, 1.807) is 17.2 Å². The third-order valence-electron chi connectivity index (χ3n) is 7.66. The molecule has 192 valence electrons. The highest BCUT2D eigenvalue weighted by molar-refractivity contribution is 5.84. The molecular weight excluding hydrogens is 471 g/mol. The zero-order chi connectivity index (χ0) is 25.7. The average molecular weight is 502 g/mol. The molecular formula is C26H30F3N5O2. The van der Waals surface area contributed by atoms with Crippen molar-refractivity contribution in [1.82, 2.24) is 24.9 Å². The van der Waals surface area contributed by atoms with E-state index in [9.17, 15) is 18.0 Å². The molecule has 2 aromatic heterocycles. The third-order valence-corrected chi connectivity index (χ3v) is 7.66. The van der Waals surface area contributed by atoms with Crippen LogP contribution in [0.4, 0.5) is 13.2 Å². The molecule has 0 N–H and O–H groups in total. The Morgan fingerprint density at radius 2 is 1.94 bits per heavy atom. The number of rotatable bonds is 6. The molecule has 10 heteroatoms. The van der Waals surface area contributed by atoms with Crippen molar-refractivity contribution in [3.8, 4) is 5.88 Å². The van der Waals surface area contributed by atoms with Crippen LogP contribution in [0.15, 0.2) is 55.0 Å². The van der Waals surface area contributed by atoms with E-state index in [-0.39, 0.29) is 35.9 Å². The molecule has 0 aromatic carbocycles. The largest absolute Gasteiger partial charge is 0.472 e. The quantitative estimate of drug-likeness (QED) is 0.577. The van der Waals surface area contributed by atoms with Gasteiger partial charge in [-0.2, -0.15) is 28.2 Å². The Labute approximate surface area is 208 Å². The number of hydrogen-bond acceptors (Lipinski definition) is 5. The van der Waals surface area contributed by atoms with Crippen LogP contribution in [0.3, 0.4) is 0 Å². The molecule has 2 aromatic rings. The highest BCUT2D eigenvalue weighted by atomic mass is 19.4. The monoisotopic (exact) mass is 501 g/mol. The molecule has 6 atom stereocenters. The first-order chi connectivity index (χ1) is 17.1. The number of hydrogen-bond donors (Lipinski definition) is 0. The van der Waals surface area contributed by atoms with E-state index in [1.807, 2.05) is 36.1 Å². The van der Waals surface area contributed by atoms with E-state index < -0.39 is 23.2 Å². The number of allylic oxidation sites excluding steroid dienone is 3. The number of amides is 1. The molecule has 2 fully saturated rings. The predicted octanol–water partition coefficient (Wildman–Crippen LogP) is 4.63. The first-order valence-electron chi connectivity index (χ1n) is 12.3. The summed E-state index contributed by atoms with van der Waals surface area (Å²) in [5, 5.41) is 8.64. The van der Waals surface area contributed by atoms with Gasteiger partial charge >= 0.3 is 6.18 Å². The standard InChI is InChI=1S/C26H30F3N5O2/c1-16(2)12-20-17-13-21(22(14-17)36-23-8-7-18(15-30-23)26(27,28)29)33(20)24(35)19-6-4-5-9-25(19,3)34-31-10-11-32-34/h4-11,15-17,19-22H,12-14H2,1-3H3. The molecule has 1 saturated heterocycles. The molecule has 7 nitrogen and oxygen atoms in total. The van der Waals surface area contributed by atoms with Crippen molar-refractivity contribution in [3.63, 3.8) is 0 Å². The van der Waals surface area contributed by atoms with Crippen LogP contribution in [-0.2, 0) is 16.5 Å². The van der Waals surface area contributed by atoms with Gasteiger partial charge in [-0.15, -0.1) is 0 Å².